The Morgan fingerprint density at radius 3 is 2.31 bits per heavy atom. The van der Waals surface area contributed by atoms with E-state index in [1.54, 1.807) is 49.4 Å². The molecule has 0 bridgehead atoms. The Hall–Kier alpha value is -2.83. The number of nitrogens with one attached hydrogen (secondary N) is 1. The SMILES string of the molecule is Cc1ccc(S(=O)(=O)N(CCC(=O)NCc2cccc(C)c2)c2cccc(Cl)c2C)cc1. The topological polar surface area (TPSA) is 66.5 Å². The van der Waals surface area contributed by atoms with Crippen LogP contribution in [0.1, 0.15) is 28.7 Å². The molecule has 168 valence electrons. The number of nitrogens with zero attached hydrogens (tertiary/aromatic N) is 1. The molecule has 1 N–H and O–H groups in total. The third-order valence-electron chi connectivity index (χ3n) is 5.23. The van der Waals surface area contributed by atoms with Gasteiger partial charge in [-0.1, -0.05) is 65.2 Å². The Labute approximate surface area is 195 Å². The van der Waals surface area contributed by atoms with Crippen molar-refractivity contribution in [2.24, 2.45) is 0 Å². The van der Waals surface area contributed by atoms with Gasteiger partial charge in [-0.15, -0.1) is 0 Å². The number of amides is 1. The minimum atomic E-state index is -3.88. The van der Waals surface area contributed by atoms with Crippen molar-refractivity contribution in [1.29, 1.82) is 0 Å². The molecule has 0 atom stereocenters. The number of rotatable bonds is 8. The summed E-state index contributed by atoms with van der Waals surface area (Å²) in [6.07, 6.45) is 0.0167. The summed E-state index contributed by atoms with van der Waals surface area (Å²) in [7, 11) is -3.88. The van der Waals surface area contributed by atoms with Crippen molar-refractivity contribution < 1.29 is 13.2 Å². The van der Waals surface area contributed by atoms with Gasteiger partial charge in [-0.25, -0.2) is 8.42 Å². The lowest BCUT2D eigenvalue weighted by atomic mass is 10.1. The summed E-state index contributed by atoms with van der Waals surface area (Å²) in [6, 6.07) is 19.7. The van der Waals surface area contributed by atoms with E-state index in [1.165, 1.54) is 4.31 Å². The highest BCUT2D eigenvalue weighted by atomic mass is 35.5. The van der Waals surface area contributed by atoms with Crippen LogP contribution in [0.2, 0.25) is 5.02 Å². The molecular weight excluding hydrogens is 444 g/mol. The number of halogens is 1. The predicted molar refractivity (Wildman–Crippen MR) is 130 cm³/mol. The first-order valence-corrected chi connectivity index (χ1v) is 12.2. The van der Waals surface area contributed by atoms with E-state index in [-0.39, 0.29) is 23.8 Å². The van der Waals surface area contributed by atoms with Crippen LogP contribution in [0, 0.1) is 20.8 Å². The molecule has 0 aromatic heterocycles. The van der Waals surface area contributed by atoms with Crippen LogP contribution in [0.5, 0.6) is 0 Å². The molecule has 0 radical (unpaired) electrons. The zero-order valence-electron chi connectivity index (χ0n) is 18.4. The molecule has 3 rings (SSSR count). The maximum atomic E-state index is 13.5. The third kappa shape index (κ3) is 5.69. The smallest absolute Gasteiger partial charge is 0.264 e. The fourth-order valence-electron chi connectivity index (χ4n) is 3.39. The normalized spacial score (nSPS) is 11.2. The number of aryl methyl sites for hydroxylation is 2. The highest BCUT2D eigenvalue weighted by Crippen LogP contribution is 2.31. The van der Waals surface area contributed by atoms with Crippen LogP contribution in [0.4, 0.5) is 5.69 Å². The number of carbonyl (C=O) groups is 1. The summed E-state index contributed by atoms with van der Waals surface area (Å²) in [6.45, 7) is 6.05. The van der Waals surface area contributed by atoms with Gasteiger partial charge in [-0.3, -0.25) is 9.10 Å². The summed E-state index contributed by atoms with van der Waals surface area (Å²) in [5, 5.41) is 3.34. The Morgan fingerprint density at radius 1 is 0.938 bits per heavy atom. The number of benzene rings is 3. The van der Waals surface area contributed by atoms with Crippen LogP contribution >= 0.6 is 11.6 Å². The minimum absolute atomic E-state index is 0.00293. The second-order valence-corrected chi connectivity index (χ2v) is 10.1. The number of anilines is 1. The zero-order valence-corrected chi connectivity index (χ0v) is 20.0. The van der Waals surface area contributed by atoms with Crippen LogP contribution in [0.3, 0.4) is 0 Å². The molecule has 0 aliphatic carbocycles. The Bertz CT molecular complexity index is 1210. The van der Waals surface area contributed by atoms with Crippen LogP contribution in [0.25, 0.3) is 0 Å². The van der Waals surface area contributed by atoms with Gasteiger partial charge >= 0.3 is 0 Å². The number of hydrogen-bond acceptors (Lipinski definition) is 3. The van der Waals surface area contributed by atoms with Crippen molar-refractivity contribution in [1.82, 2.24) is 5.32 Å². The summed E-state index contributed by atoms with van der Waals surface area (Å²) < 4.78 is 28.2. The lowest BCUT2D eigenvalue weighted by Gasteiger charge is -2.26. The predicted octanol–water partition coefficient (Wildman–Crippen LogP) is 5.17. The monoisotopic (exact) mass is 470 g/mol. The van der Waals surface area contributed by atoms with Crippen LogP contribution in [0.15, 0.2) is 71.6 Å². The Morgan fingerprint density at radius 2 is 1.62 bits per heavy atom. The highest BCUT2D eigenvalue weighted by Gasteiger charge is 2.27. The molecule has 0 saturated heterocycles. The molecule has 7 heteroatoms. The highest BCUT2D eigenvalue weighted by molar-refractivity contribution is 7.92. The van der Waals surface area contributed by atoms with Gasteiger partial charge in [0.15, 0.2) is 0 Å². The fourth-order valence-corrected chi connectivity index (χ4v) is 5.08. The van der Waals surface area contributed by atoms with Crippen LogP contribution < -0.4 is 9.62 Å². The van der Waals surface area contributed by atoms with Crippen molar-refractivity contribution in [3.63, 3.8) is 0 Å². The van der Waals surface area contributed by atoms with E-state index in [0.717, 1.165) is 16.7 Å². The summed E-state index contributed by atoms with van der Waals surface area (Å²) in [5.74, 6) is -0.227. The molecule has 0 fully saturated rings. The number of carbonyl (C=O) groups excluding carboxylic acids is 1. The molecule has 0 aliphatic heterocycles. The standard InChI is InChI=1S/C25H27ClN2O3S/c1-18-10-12-22(13-11-18)32(30,31)28(24-9-5-8-23(26)20(24)3)15-14-25(29)27-17-21-7-4-6-19(2)16-21/h4-13,16H,14-15,17H2,1-3H3,(H,27,29). The third-order valence-corrected chi connectivity index (χ3v) is 7.47. The van der Waals surface area contributed by atoms with Crippen LogP contribution in [-0.2, 0) is 21.4 Å². The van der Waals surface area contributed by atoms with Crippen molar-refractivity contribution in [3.8, 4) is 0 Å². The fraction of sp³-hybridized carbons (Fsp3) is 0.240. The molecular formula is C25H27ClN2O3S. The second-order valence-electron chi connectivity index (χ2n) is 7.79. The van der Waals surface area contributed by atoms with E-state index >= 15 is 0 Å². The quantitative estimate of drug-likeness (QED) is 0.494. The first-order valence-electron chi connectivity index (χ1n) is 10.4. The number of hydrogen-bond donors (Lipinski definition) is 1. The molecule has 32 heavy (non-hydrogen) atoms. The van der Waals surface area contributed by atoms with Gasteiger partial charge < -0.3 is 5.32 Å². The van der Waals surface area contributed by atoms with Crippen LogP contribution in [-0.4, -0.2) is 20.9 Å². The van der Waals surface area contributed by atoms with Gasteiger partial charge in [0.25, 0.3) is 10.0 Å². The molecule has 3 aromatic carbocycles. The van der Waals surface area contributed by atoms with E-state index in [9.17, 15) is 13.2 Å². The van der Waals surface area contributed by atoms with Crippen molar-refractivity contribution >= 4 is 33.2 Å². The first-order chi connectivity index (χ1) is 15.2. The van der Waals surface area contributed by atoms with Gasteiger partial charge in [0, 0.05) is 24.5 Å². The van der Waals surface area contributed by atoms with Gasteiger partial charge in [0.1, 0.15) is 0 Å². The molecule has 0 heterocycles. The zero-order chi connectivity index (χ0) is 23.3. The molecule has 0 spiro atoms. The van der Waals surface area contributed by atoms with E-state index in [4.69, 9.17) is 11.6 Å². The molecule has 1 amide bonds. The minimum Gasteiger partial charge on any atom is -0.352 e. The van der Waals surface area contributed by atoms with Gasteiger partial charge in [0.05, 0.1) is 10.6 Å². The maximum absolute atomic E-state index is 13.5. The van der Waals surface area contributed by atoms with E-state index < -0.39 is 10.0 Å². The molecule has 0 unspecified atom stereocenters. The van der Waals surface area contributed by atoms with Gasteiger partial charge in [0.2, 0.25) is 5.91 Å². The Kier molecular flexibility index (Phi) is 7.59. The molecule has 0 saturated carbocycles. The summed E-state index contributed by atoms with van der Waals surface area (Å²) in [4.78, 5) is 12.7. The van der Waals surface area contributed by atoms with E-state index in [0.29, 0.717) is 22.8 Å². The van der Waals surface area contributed by atoms with Crippen molar-refractivity contribution in [2.75, 3.05) is 10.8 Å². The van der Waals surface area contributed by atoms with Gasteiger partial charge in [-0.05, 0) is 56.2 Å². The van der Waals surface area contributed by atoms with Crippen molar-refractivity contribution in [2.45, 2.75) is 38.6 Å². The van der Waals surface area contributed by atoms with Crippen molar-refractivity contribution in [3.05, 3.63) is 94.0 Å². The molecule has 0 aliphatic rings. The average Bonchev–Trinajstić information content (AvgIpc) is 2.75. The lowest BCUT2D eigenvalue weighted by Crippen LogP contribution is -2.35. The molecule has 3 aromatic rings. The van der Waals surface area contributed by atoms with E-state index in [2.05, 4.69) is 5.32 Å². The Balaban J connectivity index is 1.82. The van der Waals surface area contributed by atoms with E-state index in [1.807, 2.05) is 38.1 Å². The summed E-state index contributed by atoms with van der Waals surface area (Å²) >= 11 is 6.27. The summed E-state index contributed by atoms with van der Waals surface area (Å²) in [5.41, 5.74) is 4.18. The van der Waals surface area contributed by atoms with Gasteiger partial charge in [-0.2, -0.15) is 0 Å². The average molecular weight is 471 g/mol. The molecule has 5 nitrogen and oxygen atoms in total. The second kappa shape index (κ2) is 10.2. The maximum Gasteiger partial charge on any atom is 0.264 e. The largest absolute Gasteiger partial charge is 0.352 e. The lowest BCUT2D eigenvalue weighted by molar-refractivity contribution is -0.121. The first kappa shape index (κ1) is 23.8. The number of sulfonamides is 1.